The first-order valence-electron chi connectivity index (χ1n) is 6.25. The van der Waals surface area contributed by atoms with Crippen LogP contribution in [0.3, 0.4) is 0 Å². The van der Waals surface area contributed by atoms with Gasteiger partial charge in [0.05, 0.1) is 6.54 Å². The lowest BCUT2D eigenvalue weighted by Crippen LogP contribution is -2.37. The minimum atomic E-state index is 0. The van der Waals surface area contributed by atoms with Crippen molar-refractivity contribution in [1.29, 1.82) is 0 Å². The summed E-state index contributed by atoms with van der Waals surface area (Å²) in [6.07, 6.45) is 2.71. The fourth-order valence-electron chi connectivity index (χ4n) is 1.66. The molecule has 0 radical (unpaired) electrons. The third kappa shape index (κ3) is 5.87. The van der Waals surface area contributed by atoms with Crippen LogP contribution in [-0.4, -0.2) is 24.5 Å². The summed E-state index contributed by atoms with van der Waals surface area (Å²) in [5, 5.41) is 8.65. The molecule has 2 aromatic rings. The van der Waals surface area contributed by atoms with Gasteiger partial charge < -0.3 is 10.6 Å². The van der Waals surface area contributed by atoms with Gasteiger partial charge in [-0.3, -0.25) is 9.98 Å². The molecule has 0 aliphatic carbocycles. The molecule has 2 N–H and O–H groups in total. The van der Waals surface area contributed by atoms with Crippen LogP contribution in [0.4, 0.5) is 0 Å². The van der Waals surface area contributed by atoms with Crippen LogP contribution in [0, 0.1) is 0 Å². The van der Waals surface area contributed by atoms with Gasteiger partial charge in [0.1, 0.15) is 0 Å². The van der Waals surface area contributed by atoms with E-state index in [4.69, 9.17) is 0 Å². The van der Waals surface area contributed by atoms with Gasteiger partial charge in [-0.25, -0.2) is 0 Å². The maximum atomic E-state index is 4.29. The van der Waals surface area contributed by atoms with Gasteiger partial charge in [-0.1, -0.05) is 12.1 Å². The summed E-state index contributed by atoms with van der Waals surface area (Å²) in [4.78, 5) is 9.79. The van der Waals surface area contributed by atoms with E-state index in [0.717, 1.165) is 31.2 Å². The Morgan fingerprint density at radius 1 is 1.25 bits per heavy atom. The van der Waals surface area contributed by atoms with E-state index in [1.807, 2.05) is 24.4 Å². The first-order chi connectivity index (χ1) is 9.38. The highest BCUT2D eigenvalue weighted by Gasteiger charge is 1.99. The standard InChI is InChI=1S/C14H18N4S.HI/c1-15-14(18-11-13-6-4-10-19-13)17-9-7-12-5-2-3-8-16-12;/h2-6,8,10H,7,9,11H2,1H3,(H2,15,17,18);1H. The molecule has 20 heavy (non-hydrogen) atoms. The quantitative estimate of drug-likeness (QED) is 0.460. The van der Waals surface area contributed by atoms with Crippen molar-refractivity contribution >= 4 is 41.3 Å². The average molecular weight is 402 g/mol. The molecule has 0 bridgehead atoms. The van der Waals surface area contributed by atoms with Gasteiger partial charge in [0.25, 0.3) is 0 Å². The van der Waals surface area contributed by atoms with E-state index >= 15 is 0 Å². The summed E-state index contributed by atoms with van der Waals surface area (Å²) in [5.74, 6) is 0.823. The first-order valence-corrected chi connectivity index (χ1v) is 7.13. The first kappa shape index (κ1) is 16.9. The fraction of sp³-hybridized carbons (Fsp3) is 0.286. The van der Waals surface area contributed by atoms with Gasteiger partial charge in [-0.2, -0.15) is 0 Å². The number of pyridine rings is 1. The summed E-state index contributed by atoms with van der Waals surface area (Å²) < 4.78 is 0. The highest BCUT2D eigenvalue weighted by molar-refractivity contribution is 14.0. The number of nitrogens with one attached hydrogen (secondary N) is 2. The lowest BCUT2D eigenvalue weighted by atomic mass is 10.3. The minimum Gasteiger partial charge on any atom is -0.356 e. The summed E-state index contributed by atoms with van der Waals surface area (Å²) in [5.41, 5.74) is 1.09. The number of thiophene rings is 1. The van der Waals surface area contributed by atoms with Gasteiger partial charge in [0, 0.05) is 36.8 Å². The van der Waals surface area contributed by atoms with Gasteiger partial charge >= 0.3 is 0 Å². The van der Waals surface area contributed by atoms with Crippen molar-refractivity contribution in [3.05, 3.63) is 52.5 Å². The van der Waals surface area contributed by atoms with Crippen LogP contribution >= 0.6 is 35.3 Å². The summed E-state index contributed by atoms with van der Waals surface area (Å²) in [6.45, 7) is 1.63. The van der Waals surface area contributed by atoms with E-state index in [1.54, 1.807) is 18.4 Å². The average Bonchev–Trinajstić information content (AvgIpc) is 2.97. The second kappa shape index (κ2) is 9.71. The number of aliphatic imine (C=N–C) groups is 1. The lowest BCUT2D eigenvalue weighted by Gasteiger charge is -2.10. The summed E-state index contributed by atoms with van der Waals surface area (Å²) in [6, 6.07) is 10.1. The normalized spacial score (nSPS) is 10.8. The molecule has 0 unspecified atom stereocenters. The van der Waals surface area contributed by atoms with E-state index in [2.05, 4.69) is 38.1 Å². The van der Waals surface area contributed by atoms with Crippen molar-refractivity contribution in [1.82, 2.24) is 15.6 Å². The molecule has 0 fully saturated rings. The number of aromatic nitrogens is 1. The van der Waals surface area contributed by atoms with Crippen molar-refractivity contribution in [2.75, 3.05) is 13.6 Å². The van der Waals surface area contributed by atoms with E-state index in [9.17, 15) is 0 Å². The number of guanidine groups is 1. The SMILES string of the molecule is CN=C(NCCc1ccccn1)NCc1cccs1.I. The van der Waals surface area contributed by atoms with Crippen molar-refractivity contribution in [2.24, 2.45) is 4.99 Å². The van der Waals surface area contributed by atoms with Crippen LogP contribution in [0.1, 0.15) is 10.6 Å². The molecule has 0 spiro atoms. The second-order valence-electron chi connectivity index (χ2n) is 4.00. The Labute approximate surface area is 140 Å². The Morgan fingerprint density at radius 2 is 2.15 bits per heavy atom. The number of rotatable bonds is 5. The maximum Gasteiger partial charge on any atom is 0.191 e. The van der Waals surface area contributed by atoms with Crippen LogP contribution in [0.15, 0.2) is 46.9 Å². The number of hydrogen-bond donors (Lipinski definition) is 2. The zero-order valence-electron chi connectivity index (χ0n) is 11.4. The maximum absolute atomic E-state index is 4.29. The smallest absolute Gasteiger partial charge is 0.191 e. The monoisotopic (exact) mass is 402 g/mol. The third-order valence-electron chi connectivity index (χ3n) is 2.63. The molecule has 2 aromatic heterocycles. The molecule has 0 saturated heterocycles. The summed E-state index contributed by atoms with van der Waals surface area (Å²) in [7, 11) is 1.78. The van der Waals surface area contributed by atoms with E-state index in [-0.39, 0.29) is 24.0 Å². The Balaban J connectivity index is 0.00000200. The predicted molar refractivity (Wildman–Crippen MR) is 95.9 cm³/mol. The van der Waals surface area contributed by atoms with Crippen LogP contribution < -0.4 is 10.6 Å². The molecular formula is C14H19IN4S. The van der Waals surface area contributed by atoms with Crippen molar-refractivity contribution < 1.29 is 0 Å². The highest BCUT2D eigenvalue weighted by atomic mass is 127. The lowest BCUT2D eigenvalue weighted by molar-refractivity contribution is 0.788. The Kier molecular flexibility index (Phi) is 8.20. The molecule has 0 atom stereocenters. The number of halogens is 1. The van der Waals surface area contributed by atoms with Gasteiger partial charge in [-0.15, -0.1) is 35.3 Å². The molecular weight excluding hydrogens is 383 g/mol. The second-order valence-corrected chi connectivity index (χ2v) is 5.04. The van der Waals surface area contributed by atoms with Crippen molar-refractivity contribution in [3.8, 4) is 0 Å². The molecule has 0 amide bonds. The van der Waals surface area contributed by atoms with E-state index in [0.29, 0.717) is 0 Å². The van der Waals surface area contributed by atoms with Crippen LogP contribution in [-0.2, 0) is 13.0 Å². The number of hydrogen-bond acceptors (Lipinski definition) is 3. The van der Waals surface area contributed by atoms with Gasteiger partial charge in [0.15, 0.2) is 5.96 Å². The van der Waals surface area contributed by atoms with Crippen molar-refractivity contribution in [2.45, 2.75) is 13.0 Å². The fourth-order valence-corrected chi connectivity index (χ4v) is 2.30. The molecule has 2 heterocycles. The Bertz CT molecular complexity index is 499. The topological polar surface area (TPSA) is 49.3 Å². The molecule has 0 aliphatic rings. The minimum absolute atomic E-state index is 0. The van der Waals surface area contributed by atoms with Crippen LogP contribution in [0.2, 0.25) is 0 Å². The zero-order chi connectivity index (χ0) is 13.3. The van der Waals surface area contributed by atoms with E-state index in [1.165, 1.54) is 4.88 Å². The predicted octanol–water partition coefficient (Wildman–Crippen LogP) is 2.67. The molecule has 0 aromatic carbocycles. The largest absolute Gasteiger partial charge is 0.356 e. The van der Waals surface area contributed by atoms with Gasteiger partial charge in [-0.05, 0) is 23.6 Å². The van der Waals surface area contributed by atoms with E-state index < -0.39 is 0 Å². The highest BCUT2D eigenvalue weighted by Crippen LogP contribution is 2.07. The van der Waals surface area contributed by atoms with Crippen LogP contribution in [0.25, 0.3) is 0 Å². The molecule has 2 rings (SSSR count). The Hall–Kier alpha value is -1.15. The number of nitrogens with zero attached hydrogens (tertiary/aromatic N) is 2. The molecule has 0 aliphatic heterocycles. The van der Waals surface area contributed by atoms with Crippen molar-refractivity contribution in [3.63, 3.8) is 0 Å². The zero-order valence-corrected chi connectivity index (χ0v) is 14.5. The van der Waals surface area contributed by atoms with Gasteiger partial charge in [0.2, 0.25) is 0 Å². The molecule has 0 saturated carbocycles. The molecule has 108 valence electrons. The Morgan fingerprint density at radius 3 is 2.80 bits per heavy atom. The molecule has 6 heteroatoms. The summed E-state index contributed by atoms with van der Waals surface area (Å²) >= 11 is 1.74. The third-order valence-corrected chi connectivity index (χ3v) is 3.51. The molecule has 4 nitrogen and oxygen atoms in total. The van der Waals surface area contributed by atoms with Crippen LogP contribution in [0.5, 0.6) is 0 Å².